The molecule has 0 saturated heterocycles. The Morgan fingerprint density at radius 2 is 2.08 bits per heavy atom. The van der Waals surface area contributed by atoms with E-state index in [1.807, 2.05) is 18.3 Å². The van der Waals surface area contributed by atoms with Crippen LogP contribution in [0.5, 0.6) is 0 Å². The maximum Gasteiger partial charge on any atom is 0.191 e. The van der Waals surface area contributed by atoms with Crippen molar-refractivity contribution in [2.45, 2.75) is 25.5 Å². The number of nitrogens with zero attached hydrogens (tertiary/aromatic N) is 2. The number of hydrogen-bond acceptors (Lipinski definition) is 4. The lowest BCUT2D eigenvalue weighted by Gasteiger charge is -2.11. The van der Waals surface area contributed by atoms with Gasteiger partial charge in [-0.15, -0.1) is 11.3 Å². The summed E-state index contributed by atoms with van der Waals surface area (Å²) >= 11 is 3.48. The Hall–Kier alpha value is -1.60. The van der Waals surface area contributed by atoms with Crippen molar-refractivity contribution in [1.82, 2.24) is 15.6 Å². The van der Waals surface area contributed by atoms with Crippen LogP contribution < -0.4 is 10.6 Å². The van der Waals surface area contributed by atoms with Crippen LogP contribution in [0.4, 0.5) is 4.39 Å². The Morgan fingerprint density at radius 3 is 2.80 bits per heavy atom. The summed E-state index contributed by atoms with van der Waals surface area (Å²) in [6.07, 6.45) is 3.89. The molecular formula is C18H25FN4S2. The number of rotatable bonds is 9. The van der Waals surface area contributed by atoms with Gasteiger partial charge in [-0.05, 0) is 18.1 Å². The number of aryl methyl sites for hydroxylation is 1. The molecule has 4 nitrogen and oxygen atoms in total. The molecule has 2 N–H and O–H groups in total. The maximum absolute atomic E-state index is 13.5. The number of halogens is 1. The summed E-state index contributed by atoms with van der Waals surface area (Å²) in [6.45, 7) is 3.74. The first-order valence-electron chi connectivity index (χ1n) is 8.42. The molecule has 0 radical (unpaired) electrons. The van der Waals surface area contributed by atoms with Gasteiger partial charge in [0, 0.05) is 49.1 Å². The largest absolute Gasteiger partial charge is 0.356 e. The summed E-state index contributed by atoms with van der Waals surface area (Å²) in [5, 5.41) is 7.73. The van der Waals surface area contributed by atoms with E-state index in [-0.39, 0.29) is 5.82 Å². The standard InChI is InChI=1S/C18H25FN4S2/c1-3-15-12-23-17(25-15)8-9-21-18(20-2)22-10-11-24-13-14-6-4-5-7-16(14)19/h4-7,12H,3,8-11,13H2,1-2H3,(H2,20,21,22). The smallest absolute Gasteiger partial charge is 0.191 e. The predicted molar refractivity (Wildman–Crippen MR) is 107 cm³/mol. The molecule has 0 spiro atoms. The van der Waals surface area contributed by atoms with E-state index in [9.17, 15) is 4.39 Å². The zero-order valence-corrected chi connectivity index (χ0v) is 16.4. The van der Waals surface area contributed by atoms with E-state index in [0.717, 1.165) is 48.2 Å². The van der Waals surface area contributed by atoms with Gasteiger partial charge in [0.25, 0.3) is 0 Å². The average molecular weight is 381 g/mol. The lowest BCUT2D eigenvalue weighted by molar-refractivity contribution is 0.617. The topological polar surface area (TPSA) is 49.3 Å². The summed E-state index contributed by atoms with van der Waals surface area (Å²) in [4.78, 5) is 9.96. The van der Waals surface area contributed by atoms with E-state index in [0.29, 0.717) is 5.75 Å². The van der Waals surface area contributed by atoms with Gasteiger partial charge in [-0.1, -0.05) is 25.1 Å². The van der Waals surface area contributed by atoms with Gasteiger partial charge in [-0.2, -0.15) is 11.8 Å². The molecule has 0 aliphatic heterocycles. The first-order chi connectivity index (χ1) is 12.2. The molecule has 7 heteroatoms. The van der Waals surface area contributed by atoms with Crippen LogP contribution in [0.25, 0.3) is 0 Å². The Kier molecular flexibility index (Phi) is 8.76. The van der Waals surface area contributed by atoms with Crippen molar-refractivity contribution in [3.05, 3.63) is 51.7 Å². The van der Waals surface area contributed by atoms with E-state index in [4.69, 9.17) is 0 Å². The second-order valence-electron chi connectivity index (χ2n) is 5.39. The van der Waals surface area contributed by atoms with Crippen molar-refractivity contribution in [3.63, 3.8) is 0 Å². The highest BCUT2D eigenvalue weighted by Crippen LogP contribution is 2.15. The van der Waals surface area contributed by atoms with Gasteiger partial charge in [0.15, 0.2) is 5.96 Å². The highest BCUT2D eigenvalue weighted by atomic mass is 32.2. The number of aromatic nitrogens is 1. The Labute approximate surface area is 157 Å². The van der Waals surface area contributed by atoms with Crippen molar-refractivity contribution in [3.8, 4) is 0 Å². The predicted octanol–water partition coefficient (Wildman–Crippen LogP) is 3.49. The van der Waals surface area contributed by atoms with E-state index < -0.39 is 0 Å². The van der Waals surface area contributed by atoms with Crippen LogP contribution in [0.15, 0.2) is 35.5 Å². The zero-order valence-electron chi connectivity index (χ0n) is 14.7. The molecule has 2 aromatic rings. The van der Waals surface area contributed by atoms with Crippen LogP contribution in [0, 0.1) is 5.82 Å². The lowest BCUT2D eigenvalue weighted by atomic mass is 10.2. The third-order valence-corrected chi connectivity index (χ3v) is 5.77. The number of thiazole rings is 1. The third kappa shape index (κ3) is 7.04. The van der Waals surface area contributed by atoms with E-state index in [1.54, 1.807) is 36.2 Å². The van der Waals surface area contributed by atoms with Gasteiger partial charge in [0.1, 0.15) is 5.82 Å². The molecule has 0 saturated carbocycles. The van der Waals surface area contributed by atoms with Crippen molar-refractivity contribution in [2.24, 2.45) is 4.99 Å². The zero-order chi connectivity index (χ0) is 17.9. The normalized spacial score (nSPS) is 11.6. The van der Waals surface area contributed by atoms with Crippen LogP contribution in [-0.2, 0) is 18.6 Å². The van der Waals surface area contributed by atoms with E-state index in [2.05, 4.69) is 27.5 Å². The molecule has 1 aromatic carbocycles. The van der Waals surface area contributed by atoms with Crippen molar-refractivity contribution in [2.75, 3.05) is 25.9 Å². The molecule has 1 aromatic heterocycles. The van der Waals surface area contributed by atoms with Gasteiger partial charge in [-0.3, -0.25) is 4.99 Å². The highest BCUT2D eigenvalue weighted by Gasteiger charge is 2.03. The molecule has 1 heterocycles. The molecule has 0 aliphatic carbocycles. The average Bonchev–Trinajstić information content (AvgIpc) is 3.09. The van der Waals surface area contributed by atoms with Crippen molar-refractivity contribution >= 4 is 29.1 Å². The molecule has 0 aliphatic rings. The summed E-state index contributed by atoms with van der Waals surface area (Å²) in [5.41, 5.74) is 0.755. The molecule has 25 heavy (non-hydrogen) atoms. The Balaban J connectivity index is 1.59. The van der Waals surface area contributed by atoms with Crippen molar-refractivity contribution in [1.29, 1.82) is 0 Å². The molecule has 0 unspecified atom stereocenters. The first kappa shape index (κ1) is 19.7. The van der Waals surface area contributed by atoms with Gasteiger partial charge < -0.3 is 10.6 Å². The molecule has 0 bridgehead atoms. The van der Waals surface area contributed by atoms with Gasteiger partial charge in [0.05, 0.1) is 5.01 Å². The second kappa shape index (κ2) is 11.1. The summed E-state index contributed by atoms with van der Waals surface area (Å²) in [6, 6.07) is 6.93. The molecule has 0 amide bonds. The number of guanidine groups is 1. The molecular weight excluding hydrogens is 355 g/mol. The number of benzene rings is 1. The minimum Gasteiger partial charge on any atom is -0.356 e. The first-order valence-corrected chi connectivity index (χ1v) is 10.4. The number of aliphatic imine (C=N–C) groups is 1. The summed E-state index contributed by atoms with van der Waals surface area (Å²) in [7, 11) is 1.76. The monoisotopic (exact) mass is 380 g/mol. The van der Waals surface area contributed by atoms with Gasteiger partial charge in [0.2, 0.25) is 0 Å². The lowest BCUT2D eigenvalue weighted by Crippen LogP contribution is -2.39. The number of nitrogens with one attached hydrogen (secondary N) is 2. The molecule has 0 fully saturated rings. The van der Waals surface area contributed by atoms with E-state index in [1.165, 1.54) is 10.9 Å². The molecule has 2 rings (SSSR count). The minimum absolute atomic E-state index is 0.131. The van der Waals surface area contributed by atoms with Crippen LogP contribution in [0.2, 0.25) is 0 Å². The summed E-state index contributed by atoms with van der Waals surface area (Å²) < 4.78 is 13.5. The Bertz CT molecular complexity index is 673. The second-order valence-corrected chi connectivity index (χ2v) is 7.70. The fourth-order valence-corrected chi connectivity index (χ4v) is 3.88. The van der Waals surface area contributed by atoms with Gasteiger partial charge in [-0.25, -0.2) is 9.37 Å². The fraction of sp³-hybridized carbons (Fsp3) is 0.444. The SMILES string of the molecule is CCc1cnc(CCNC(=NC)NCCSCc2ccccc2F)s1. The van der Waals surface area contributed by atoms with E-state index >= 15 is 0 Å². The van der Waals surface area contributed by atoms with Crippen LogP contribution >= 0.6 is 23.1 Å². The Morgan fingerprint density at radius 1 is 1.28 bits per heavy atom. The quantitative estimate of drug-likeness (QED) is 0.397. The highest BCUT2D eigenvalue weighted by molar-refractivity contribution is 7.98. The van der Waals surface area contributed by atoms with Crippen LogP contribution in [0.3, 0.4) is 0 Å². The summed E-state index contributed by atoms with van der Waals surface area (Å²) in [5.74, 6) is 2.23. The molecule has 0 atom stereocenters. The maximum atomic E-state index is 13.5. The minimum atomic E-state index is -0.131. The van der Waals surface area contributed by atoms with Crippen LogP contribution in [-0.4, -0.2) is 36.8 Å². The van der Waals surface area contributed by atoms with Gasteiger partial charge >= 0.3 is 0 Å². The third-order valence-electron chi connectivity index (χ3n) is 3.56. The van der Waals surface area contributed by atoms with Crippen molar-refractivity contribution < 1.29 is 4.39 Å². The fourth-order valence-electron chi connectivity index (χ4n) is 2.17. The number of hydrogen-bond donors (Lipinski definition) is 2. The number of thioether (sulfide) groups is 1. The molecule has 136 valence electrons. The van der Waals surface area contributed by atoms with Crippen LogP contribution in [0.1, 0.15) is 22.4 Å².